The zero-order valence-corrected chi connectivity index (χ0v) is 9.29. The van der Waals surface area contributed by atoms with Crippen LogP contribution in [0.25, 0.3) is 0 Å². The fraction of sp³-hybridized carbons (Fsp3) is 0.667. The van der Waals surface area contributed by atoms with Crippen LogP contribution in [0.15, 0.2) is 0 Å². The Labute approximate surface area is 93.8 Å². The van der Waals surface area contributed by atoms with Gasteiger partial charge >= 0.3 is 11.9 Å². The summed E-state index contributed by atoms with van der Waals surface area (Å²) in [4.78, 5) is 20.7. The maximum absolute atomic E-state index is 10.4. The minimum atomic E-state index is -1.18. The van der Waals surface area contributed by atoms with Crippen molar-refractivity contribution < 1.29 is 25.3 Å². The molecule has 9 heteroatoms. The molecule has 0 rings (SSSR count). The summed E-state index contributed by atoms with van der Waals surface area (Å²) in [5.74, 6) is -2.00. The van der Waals surface area contributed by atoms with Gasteiger partial charge in [-0.15, -0.1) is 0 Å². The van der Waals surface area contributed by atoms with Crippen molar-refractivity contribution in [1.82, 2.24) is 0 Å². The third-order valence-electron chi connectivity index (χ3n) is 1.38. The van der Waals surface area contributed by atoms with E-state index in [1.54, 1.807) is 0 Å². The number of nitrogens with two attached hydrogens (primary N) is 2. The largest absolute Gasteiger partial charge is 0.635 e. The molecule has 2 atom stereocenters. The highest BCUT2D eigenvalue weighted by atomic mass is 33.1. The van der Waals surface area contributed by atoms with Crippen molar-refractivity contribution in [3.8, 4) is 0 Å². The van der Waals surface area contributed by atoms with Gasteiger partial charge in [-0.05, 0) is 0 Å². The van der Waals surface area contributed by atoms with Gasteiger partial charge in [0.25, 0.3) is 0 Å². The van der Waals surface area contributed by atoms with Gasteiger partial charge in [0, 0.05) is 5.75 Å². The summed E-state index contributed by atoms with van der Waals surface area (Å²) >= 11 is 0. The van der Waals surface area contributed by atoms with Crippen molar-refractivity contribution in [3.63, 3.8) is 0 Å². The topological polar surface area (TPSA) is 140 Å². The number of quaternary nitrogens is 1. The van der Waals surface area contributed by atoms with E-state index >= 15 is 0 Å². The minimum absolute atomic E-state index is 0.107. The molecule has 0 bridgehead atoms. The SMILES string of the molecule is N[C@@H](CSSC[C@H]([NH2+][O-])C(=O)O)C(=O)O. The molecule has 0 fully saturated rings. The van der Waals surface area contributed by atoms with E-state index in [4.69, 9.17) is 15.9 Å². The van der Waals surface area contributed by atoms with E-state index in [1.165, 1.54) is 0 Å². The van der Waals surface area contributed by atoms with Crippen LogP contribution >= 0.6 is 21.6 Å². The van der Waals surface area contributed by atoms with Crippen LogP contribution in [0.5, 0.6) is 0 Å². The lowest BCUT2D eigenvalue weighted by Gasteiger charge is -2.12. The van der Waals surface area contributed by atoms with Crippen molar-refractivity contribution in [1.29, 1.82) is 0 Å². The van der Waals surface area contributed by atoms with Crippen molar-refractivity contribution in [2.45, 2.75) is 12.1 Å². The molecular weight excluding hydrogens is 244 g/mol. The van der Waals surface area contributed by atoms with E-state index < -0.39 is 24.0 Å². The van der Waals surface area contributed by atoms with E-state index in [-0.39, 0.29) is 11.5 Å². The summed E-state index contributed by atoms with van der Waals surface area (Å²) in [6.07, 6.45) is 0. The van der Waals surface area contributed by atoms with Crippen molar-refractivity contribution in [2.75, 3.05) is 11.5 Å². The minimum Gasteiger partial charge on any atom is -0.635 e. The van der Waals surface area contributed by atoms with Gasteiger partial charge in [-0.2, -0.15) is 0 Å². The molecule has 0 aliphatic heterocycles. The van der Waals surface area contributed by atoms with Crippen LogP contribution in [0.1, 0.15) is 0 Å². The van der Waals surface area contributed by atoms with Crippen LogP contribution in [-0.2, 0) is 9.59 Å². The van der Waals surface area contributed by atoms with Crippen molar-refractivity contribution in [3.05, 3.63) is 5.21 Å². The summed E-state index contributed by atoms with van der Waals surface area (Å²) in [6.45, 7) is 0. The van der Waals surface area contributed by atoms with Crippen molar-refractivity contribution >= 4 is 33.5 Å². The fourth-order valence-corrected chi connectivity index (χ4v) is 2.79. The second kappa shape index (κ2) is 7.77. The van der Waals surface area contributed by atoms with Crippen LogP contribution in [0.3, 0.4) is 0 Å². The Morgan fingerprint density at radius 3 is 2.20 bits per heavy atom. The number of hydrogen-bond donors (Lipinski definition) is 4. The molecule has 0 aromatic rings. The van der Waals surface area contributed by atoms with Crippen LogP contribution in [0, 0.1) is 5.21 Å². The molecular formula is C6H12N2O5S2. The first-order valence-corrected chi connectivity index (χ1v) is 6.38. The van der Waals surface area contributed by atoms with Gasteiger partial charge < -0.3 is 26.6 Å². The molecule has 15 heavy (non-hydrogen) atoms. The Kier molecular flexibility index (Phi) is 7.52. The third kappa shape index (κ3) is 6.57. The molecule has 0 aliphatic carbocycles. The lowest BCUT2D eigenvalue weighted by molar-refractivity contribution is -0.610. The summed E-state index contributed by atoms with van der Waals surface area (Å²) in [7, 11) is 2.26. The predicted octanol–water partition coefficient (Wildman–Crippen LogP) is -1.71. The molecule has 0 amide bonds. The highest BCUT2D eigenvalue weighted by Crippen LogP contribution is 2.21. The summed E-state index contributed by atoms with van der Waals surface area (Å²) in [5.41, 5.74) is 5.56. The molecule has 0 saturated carbocycles. The number of rotatable bonds is 8. The van der Waals surface area contributed by atoms with Crippen LogP contribution in [0.4, 0.5) is 0 Å². The van der Waals surface area contributed by atoms with Crippen LogP contribution in [-0.4, -0.2) is 45.7 Å². The molecule has 0 unspecified atom stereocenters. The number of carbonyl (C=O) groups is 2. The molecule has 0 radical (unpaired) electrons. The third-order valence-corrected chi connectivity index (χ3v) is 3.85. The number of aliphatic carboxylic acids is 2. The standard InChI is InChI=1S/C6H12N2O5S2/c7-3(5(9)10)1-14-15-2-4(8-13)6(11)12/h3-4H,1-2,7-8H2,(H,9,10)(H,11,12)/t3-,4-/m0/s1. The summed E-state index contributed by atoms with van der Waals surface area (Å²) in [5, 5.41) is 27.2. The van der Waals surface area contributed by atoms with Gasteiger partial charge in [-0.1, -0.05) is 21.6 Å². The van der Waals surface area contributed by atoms with E-state index in [0.717, 1.165) is 21.6 Å². The number of carboxylic acid groups (broad SMARTS) is 2. The second-order valence-electron chi connectivity index (χ2n) is 2.59. The van der Waals surface area contributed by atoms with E-state index in [9.17, 15) is 14.8 Å². The number of hydrogen-bond acceptors (Lipinski definition) is 6. The molecule has 88 valence electrons. The first-order chi connectivity index (χ1) is 6.99. The Morgan fingerprint density at radius 1 is 1.27 bits per heavy atom. The maximum atomic E-state index is 10.4. The van der Waals surface area contributed by atoms with E-state index in [2.05, 4.69) is 0 Å². The molecule has 0 aromatic carbocycles. The molecule has 0 spiro atoms. The average Bonchev–Trinajstić information content (AvgIpc) is 2.16. The Hall–Kier alpha value is -0.480. The van der Waals surface area contributed by atoms with Crippen LogP contribution < -0.4 is 11.2 Å². The zero-order valence-electron chi connectivity index (χ0n) is 7.66. The lowest BCUT2D eigenvalue weighted by atomic mass is 10.4. The van der Waals surface area contributed by atoms with Gasteiger partial charge in [0.2, 0.25) is 0 Å². The highest BCUT2D eigenvalue weighted by molar-refractivity contribution is 8.76. The maximum Gasteiger partial charge on any atom is 0.363 e. The normalized spacial score (nSPS) is 14.5. The first kappa shape index (κ1) is 14.5. The fourth-order valence-electron chi connectivity index (χ4n) is 0.483. The van der Waals surface area contributed by atoms with Gasteiger partial charge in [-0.3, -0.25) is 4.79 Å². The van der Waals surface area contributed by atoms with E-state index in [1.807, 2.05) is 0 Å². The highest BCUT2D eigenvalue weighted by Gasteiger charge is 2.18. The Morgan fingerprint density at radius 2 is 1.80 bits per heavy atom. The van der Waals surface area contributed by atoms with Crippen molar-refractivity contribution in [2.24, 2.45) is 5.73 Å². The quantitative estimate of drug-likeness (QED) is 0.229. The van der Waals surface area contributed by atoms with E-state index in [0.29, 0.717) is 5.48 Å². The Balaban J connectivity index is 3.61. The molecule has 6 N–H and O–H groups in total. The number of carboxylic acids is 2. The van der Waals surface area contributed by atoms with Gasteiger partial charge in [-0.25, -0.2) is 4.79 Å². The first-order valence-electron chi connectivity index (χ1n) is 3.90. The van der Waals surface area contributed by atoms with Gasteiger partial charge in [0.1, 0.15) is 6.04 Å². The smallest absolute Gasteiger partial charge is 0.363 e. The molecule has 7 nitrogen and oxygen atoms in total. The summed E-state index contributed by atoms with van der Waals surface area (Å²) in [6, 6.07) is -2.02. The number of hydroxylamine groups is 1. The zero-order chi connectivity index (χ0) is 11.8. The molecule has 0 aliphatic rings. The van der Waals surface area contributed by atoms with Crippen LogP contribution in [0.2, 0.25) is 0 Å². The molecule has 0 saturated heterocycles. The predicted molar refractivity (Wildman–Crippen MR) is 57.2 cm³/mol. The molecule has 0 aromatic heterocycles. The van der Waals surface area contributed by atoms with Gasteiger partial charge in [0.15, 0.2) is 6.04 Å². The van der Waals surface area contributed by atoms with Gasteiger partial charge in [0.05, 0.1) is 5.75 Å². The average molecular weight is 256 g/mol. The summed E-state index contributed by atoms with van der Waals surface area (Å²) < 4.78 is 0. The molecule has 0 heterocycles. The lowest BCUT2D eigenvalue weighted by Crippen LogP contribution is -2.87. The monoisotopic (exact) mass is 256 g/mol. The Bertz CT molecular complexity index is 228. The second-order valence-corrected chi connectivity index (χ2v) is 5.15.